The summed E-state index contributed by atoms with van der Waals surface area (Å²) in [6.45, 7) is 3.08. The Morgan fingerprint density at radius 1 is 1.35 bits per heavy atom. The smallest absolute Gasteiger partial charge is 0.234 e. The number of benzene rings is 1. The van der Waals surface area contributed by atoms with E-state index in [0.717, 1.165) is 22.6 Å². The van der Waals surface area contributed by atoms with Gasteiger partial charge >= 0.3 is 0 Å². The quantitative estimate of drug-likeness (QED) is 0.802. The van der Waals surface area contributed by atoms with Crippen molar-refractivity contribution in [2.45, 2.75) is 13.5 Å². The molecule has 0 unspecified atom stereocenters. The van der Waals surface area contributed by atoms with Crippen molar-refractivity contribution >= 4 is 5.91 Å². The van der Waals surface area contributed by atoms with E-state index in [0.29, 0.717) is 13.1 Å². The lowest BCUT2D eigenvalue weighted by Gasteiger charge is -2.09. The second-order valence-corrected chi connectivity index (χ2v) is 3.94. The number of likely N-dealkylation sites (N-methyl/N-ethyl adjacent to an activating group) is 1. The summed E-state index contributed by atoms with van der Waals surface area (Å²) in [5.41, 5.74) is 2.12. The van der Waals surface area contributed by atoms with Crippen molar-refractivity contribution in [1.82, 2.24) is 10.6 Å². The van der Waals surface area contributed by atoms with E-state index in [4.69, 9.17) is 9.47 Å². The first-order valence-corrected chi connectivity index (χ1v) is 5.51. The molecule has 5 heteroatoms. The van der Waals surface area contributed by atoms with E-state index in [1.165, 1.54) is 0 Å². The van der Waals surface area contributed by atoms with Crippen LogP contribution in [-0.2, 0) is 11.3 Å². The summed E-state index contributed by atoms with van der Waals surface area (Å²) in [5, 5.41) is 5.64. The molecule has 1 aromatic rings. The highest BCUT2D eigenvalue weighted by Crippen LogP contribution is 2.34. The summed E-state index contributed by atoms with van der Waals surface area (Å²) >= 11 is 0. The maximum Gasteiger partial charge on any atom is 0.234 e. The summed E-state index contributed by atoms with van der Waals surface area (Å²) in [4.78, 5) is 11.3. The molecule has 0 spiro atoms. The molecule has 0 aromatic heterocycles. The lowest BCUT2D eigenvalue weighted by atomic mass is 10.1. The van der Waals surface area contributed by atoms with Crippen molar-refractivity contribution in [1.29, 1.82) is 0 Å². The molecule has 0 aliphatic carbocycles. The van der Waals surface area contributed by atoms with Gasteiger partial charge in [-0.2, -0.15) is 0 Å². The predicted octanol–water partition coefficient (Wildman–Crippen LogP) is 0.559. The van der Waals surface area contributed by atoms with E-state index in [-0.39, 0.29) is 12.7 Å². The summed E-state index contributed by atoms with van der Waals surface area (Å²) in [5.74, 6) is 1.49. The van der Waals surface area contributed by atoms with E-state index in [1.807, 2.05) is 19.1 Å². The third-order valence-electron chi connectivity index (χ3n) is 2.64. The first-order chi connectivity index (χ1) is 8.20. The Labute approximate surface area is 100 Å². The van der Waals surface area contributed by atoms with Crippen LogP contribution in [0.2, 0.25) is 0 Å². The number of ether oxygens (including phenoxy) is 2. The van der Waals surface area contributed by atoms with Crippen LogP contribution in [0.4, 0.5) is 0 Å². The standard InChI is InChI=1S/C12H16N2O3/c1-8-3-10-11(17-7-16-10)4-9(8)5-14-12(15)6-13-2/h3-4,13H,5-7H2,1-2H3,(H,14,15). The van der Waals surface area contributed by atoms with Gasteiger partial charge in [0.15, 0.2) is 11.5 Å². The average molecular weight is 236 g/mol. The van der Waals surface area contributed by atoms with Crippen molar-refractivity contribution < 1.29 is 14.3 Å². The fourth-order valence-corrected chi connectivity index (χ4v) is 1.69. The van der Waals surface area contributed by atoms with E-state index in [2.05, 4.69) is 10.6 Å². The van der Waals surface area contributed by atoms with E-state index in [1.54, 1.807) is 7.05 Å². The van der Waals surface area contributed by atoms with Gasteiger partial charge < -0.3 is 20.1 Å². The Bertz CT molecular complexity index is 432. The molecule has 1 aliphatic heterocycles. The number of carbonyl (C=O) groups excluding carboxylic acids is 1. The third-order valence-corrected chi connectivity index (χ3v) is 2.64. The van der Waals surface area contributed by atoms with Crippen LogP contribution in [0.25, 0.3) is 0 Å². The van der Waals surface area contributed by atoms with Gasteiger partial charge in [0.1, 0.15) is 0 Å². The van der Waals surface area contributed by atoms with Crippen LogP contribution >= 0.6 is 0 Å². The lowest BCUT2D eigenvalue weighted by Crippen LogP contribution is -2.31. The predicted molar refractivity (Wildman–Crippen MR) is 63.1 cm³/mol. The number of amides is 1. The maximum absolute atomic E-state index is 11.3. The molecule has 0 fully saturated rings. The topological polar surface area (TPSA) is 59.6 Å². The van der Waals surface area contributed by atoms with Crippen molar-refractivity contribution in [3.8, 4) is 11.5 Å². The Morgan fingerprint density at radius 3 is 2.76 bits per heavy atom. The monoisotopic (exact) mass is 236 g/mol. The number of hydrogen-bond donors (Lipinski definition) is 2. The van der Waals surface area contributed by atoms with Gasteiger partial charge in [-0.25, -0.2) is 0 Å². The first-order valence-electron chi connectivity index (χ1n) is 5.51. The highest BCUT2D eigenvalue weighted by atomic mass is 16.7. The molecule has 17 heavy (non-hydrogen) atoms. The van der Waals surface area contributed by atoms with Crippen LogP contribution in [0, 0.1) is 6.92 Å². The summed E-state index contributed by atoms with van der Waals surface area (Å²) < 4.78 is 10.6. The van der Waals surface area contributed by atoms with Gasteiger partial charge in [-0.3, -0.25) is 4.79 Å². The summed E-state index contributed by atoms with van der Waals surface area (Å²) in [6, 6.07) is 3.85. The minimum Gasteiger partial charge on any atom is -0.454 e. The fourth-order valence-electron chi connectivity index (χ4n) is 1.69. The highest BCUT2D eigenvalue weighted by Gasteiger charge is 2.15. The minimum absolute atomic E-state index is 0.0235. The zero-order chi connectivity index (χ0) is 12.3. The van der Waals surface area contributed by atoms with Crippen LogP contribution < -0.4 is 20.1 Å². The SMILES string of the molecule is CNCC(=O)NCc1cc2c(cc1C)OCO2. The third kappa shape index (κ3) is 2.68. The van der Waals surface area contributed by atoms with Gasteiger partial charge in [-0.15, -0.1) is 0 Å². The molecule has 1 aliphatic rings. The van der Waals surface area contributed by atoms with Gasteiger partial charge in [-0.1, -0.05) is 0 Å². The number of carbonyl (C=O) groups is 1. The normalized spacial score (nSPS) is 12.6. The Hall–Kier alpha value is -1.75. The molecule has 0 bridgehead atoms. The molecule has 2 N–H and O–H groups in total. The highest BCUT2D eigenvalue weighted by molar-refractivity contribution is 5.78. The molecule has 0 atom stereocenters. The van der Waals surface area contributed by atoms with Crippen molar-refractivity contribution in [2.24, 2.45) is 0 Å². The Kier molecular flexibility index (Phi) is 3.49. The van der Waals surface area contributed by atoms with Crippen molar-refractivity contribution in [2.75, 3.05) is 20.4 Å². The fraction of sp³-hybridized carbons (Fsp3) is 0.417. The first kappa shape index (κ1) is 11.7. The van der Waals surface area contributed by atoms with Gasteiger partial charge in [0, 0.05) is 6.54 Å². The van der Waals surface area contributed by atoms with Crippen LogP contribution in [0.15, 0.2) is 12.1 Å². The second kappa shape index (κ2) is 5.05. The molecule has 5 nitrogen and oxygen atoms in total. The molecule has 1 aromatic carbocycles. The molecular formula is C12H16N2O3. The molecule has 2 rings (SSSR count). The molecule has 0 saturated heterocycles. The molecule has 1 heterocycles. The van der Waals surface area contributed by atoms with E-state index in [9.17, 15) is 4.79 Å². The number of rotatable bonds is 4. The lowest BCUT2D eigenvalue weighted by molar-refractivity contribution is -0.120. The summed E-state index contributed by atoms with van der Waals surface area (Å²) in [6.07, 6.45) is 0. The second-order valence-electron chi connectivity index (χ2n) is 3.94. The van der Waals surface area contributed by atoms with Crippen molar-refractivity contribution in [3.05, 3.63) is 23.3 Å². The Morgan fingerprint density at radius 2 is 2.06 bits per heavy atom. The summed E-state index contributed by atoms with van der Waals surface area (Å²) in [7, 11) is 1.74. The van der Waals surface area contributed by atoms with Crippen LogP contribution in [0.5, 0.6) is 11.5 Å². The largest absolute Gasteiger partial charge is 0.454 e. The number of fused-ring (bicyclic) bond motifs is 1. The molecule has 0 radical (unpaired) electrons. The van der Waals surface area contributed by atoms with E-state index >= 15 is 0 Å². The number of hydrogen-bond acceptors (Lipinski definition) is 4. The zero-order valence-electron chi connectivity index (χ0n) is 10.0. The molecule has 1 amide bonds. The van der Waals surface area contributed by atoms with Crippen molar-refractivity contribution in [3.63, 3.8) is 0 Å². The van der Waals surface area contributed by atoms with Gasteiger partial charge in [-0.05, 0) is 37.2 Å². The van der Waals surface area contributed by atoms with Crippen LogP contribution in [0.3, 0.4) is 0 Å². The number of nitrogens with one attached hydrogen (secondary N) is 2. The molecule has 0 saturated carbocycles. The van der Waals surface area contributed by atoms with Crippen LogP contribution in [-0.4, -0.2) is 26.3 Å². The average Bonchev–Trinajstić information content (AvgIpc) is 2.73. The Balaban J connectivity index is 2.04. The minimum atomic E-state index is -0.0235. The van der Waals surface area contributed by atoms with E-state index < -0.39 is 0 Å². The zero-order valence-corrected chi connectivity index (χ0v) is 10.0. The molecule has 92 valence electrons. The maximum atomic E-state index is 11.3. The molecular weight excluding hydrogens is 220 g/mol. The van der Waals surface area contributed by atoms with Gasteiger partial charge in [0.25, 0.3) is 0 Å². The van der Waals surface area contributed by atoms with Gasteiger partial charge in [0.2, 0.25) is 12.7 Å². The number of aryl methyl sites for hydroxylation is 1. The van der Waals surface area contributed by atoms with Gasteiger partial charge in [0.05, 0.1) is 6.54 Å². The van der Waals surface area contributed by atoms with Crippen LogP contribution in [0.1, 0.15) is 11.1 Å².